The zero-order valence-corrected chi connectivity index (χ0v) is 10.6. The summed E-state index contributed by atoms with van der Waals surface area (Å²) in [6.07, 6.45) is 2.13. The number of hydrogen-bond acceptors (Lipinski definition) is 3. The molecule has 0 aliphatic heterocycles. The van der Waals surface area contributed by atoms with Gasteiger partial charge in [0.05, 0.1) is 12.8 Å². The molecule has 18 heavy (non-hydrogen) atoms. The Morgan fingerprint density at radius 2 is 2.28 bits per heavy atom. The molecule has 0 radical (unpaired) electrons. The number of unbranched alkanes of at least 4 members (excludes halogenated alkanes) is 1. The van der Waals surface area contributed by atoms with E-state index < -0.39 is 17.8 Å². The predicted octanol–water partition coefficient (Wildman–Crippen LogP) is 2.89. The number of ether oxygens (including phenoxy) is 1. The summed E-state index contributed by atoms with van der Waals surface area (Å²) in [7, 11) is 1.47. The van der Waals surface area contributed by atoms with Gasteiger partial charge >= 0.3 is 5.97 Å². The highest BCUT2D eigenvalue weighted by Crippen LogP contribution is 2.22. The summed E-state index contributed by atoms with van der Waals surface area (Å²) < 4.78 is 18.5. The lowest BCUT2D eigenvalue weighted by molar-refractivity contribution is -0.138. The van der Waals surface area contributed by atoms with Gasteiger partial charge in [-0.3, -0.25) is 0 Å². The Hall–Kier alpha value is -1.78. The van der Waals surface area contributed by atoms with Crippen LogP contribution >= 0.6 is 0 Å². The summed E-state index contributed by atoms with van der Waals surface area (Å²) in [6.45, 7) is 1.98. The number of anilines is 1. The maximum absolute atomic E-state index is 13.5. The van der Waals surface area contributed by atoms with E-state index in [9.17, 15) is 9.18 Å². The molecule has 4 nitrogen and oxygen atoms in total. The second kappa shape index (κ2) is 6.83. The number of aliphatic carboxylic acids is 1. The summed E-state index contributed by atoms with van der Waals surface area (Å²) in [6, 6.07) is 3.41. The third-order valence-corrected chi connectivity index (χ3v) is 2.65. The number of carboxylic acid groups (broad SMARTS) is 1. The van der Waals surface area contributed by atoms with Crippen LogP contribution in [0.3, 0.4) is 0 Å². The van der Waals surface area contributed by atoms with Crippen LogP contribution in [0, 0.1) is 5.82 Å². The number of halogens is 1. The van der Waals surface area contributed by atoms with Crippen LogP contribution in [0.1, 0.15) is 26.2 Å². The maximum Gasteiger partial charge on any atom is 0.326 e. The largest absolute Gasteiger partial charge is 0.497 e. The highest BCUT2D eigenvalue weighted by Gasteiger charge is 2.18. The molecule has 0 aliphatic carbocycles. The smallest absolute Gasteiger partial charge is 0.326 e. The first kappa shape index (κ1) is 14.3. The molecule has 0 aromatic heterocycles. The fourth-order valence-corrected chi connectivity index (χ4v) is 1.60. The van der Waals surface area contributed by atoms with Crippen LogP contribution in [0.4, 0.5) is 10.1 Å². The van der Waals surface area contributed by atoms with Gasteiger partial charge in [0.1, 0.15) is 17.6 Å². The summed E-state index contributed by atoms with van der Waals surface area (Å²) in [5, 5.41) is 11.8. The van der Waals surface area contributed by atoms with E-state index in [2.05, 4.69) is 5.32 Å². The van der Waals surface area contributed by atoms with Crippen LogP contribution in [0.15, 0.2) is 18.2 Å². The van der Waals surface area contributed by atoms with E-state index in [0.717, 1.165) is 12.8 Å². The quantitative estimate of drug-likeness (QED) is 0.786. The Balaban J connectivity index is 2.82. The van der Waals surface area contributed by atoms with E-state index in [0.29, 0.717) is 12.2 Å². The number of hydrogen-bond donors (Lipinski definition) is 2. The molecule has 1 aromatic carbocycles. The van der Waals surface area contributed by atoms with Crippen molar-refractivity contribution in [3.05, 3.63) is 24.0 Å². The van der Waals surface area contributed by atoms with Crippen LogP contribution in [0.25, 0.3) is 0 Å². The SMILES string of the molecule is CCCCC(Nc1cc(OC)ccc1F)C(=O)O. The normalized spacial score (nSPS) is 11.9. The van der Waals surface area contributed by atoms with Crippen molar-refractivity contribution in [1.29, 1.82) is 0 Å². The van der Waals surface area contributed by atoms with Crippen molar-refractivity contribution in [3.63, 3.8) is 0 Å². The van der Waals surface area contributed by atoms with Crippen LogP contribution in [0.2, 0.25) is 0 Å². The number of nitrogens with one attached hydrogen (secondary N) is 1. The molecule has 1 rings (SSSR count). The van der Waals surface area contributed by atoms with E-state index in [1.165, 1.54) is 25.3 Å². The maximum atomic E-state index is 13.5. The molecule has 1 aromatic rings. The second-order valence-corrected chi connectivity index (χ2v) is 4.02. The topological polar surface area (TPSA) is 58.6 Å². The molecule has 0 aliphatic rings. The fourth-order valence-electron chi connectivity index (χ4n) is 1.60. The van der Waals surface area contributed by atoms with Crippen molar-refractivity contribution in [3.8, 4) is 5.75 Å². The molecule has 0 fully saturated rings. The number of rotatable bonds is 7. The van der Waals surface area contributed by atoms with Crippen LogP contribution in [0.5, 0.6) is 5.75 Å². The molecule has 1 unspecified atom stereocenters. The molecule has 0 saturated heterocycles. The summed E-state index contributed by atoms with van der Waals surface area (Å²) >= 11 is 0. The minimum absolute atomic E-state index is 0.151. The van der Waals surface area contributed by atoms with E-state index >= 15 is 0 Å². The van der Waals surface area contributed by atoms with E-state index in [1.54, 1.807) is 0 Å². The molecule has 5 heteroatoms. The molecule has 0 bridgehead atoms. The summed E-state index contributed by atoms with van der Waals surface area (Å²) in [4.78, 5) is 11.1. The molecule has 0 spiro atoms. The predicted molar refractivity (Wildman–Crippen MR) is 67.5 cm³/mol. The molecule has 2 N–H and O–H groups in total. The first-order valence-corrected chi connectivity index (χ1v) is 5.91. The molecule has 0 heterocycles. The molecular weight excluding hydrogens is 237 g/mol. The highest BCUT2D eigenvalue weighted by molar-refractivity contribution is 5.77. The highest BCUT2D eigenvalue weighted by atomic mass is 19.1. The Labute approximate surface area is 106 Å². The standard InChI is InChI=1S/C13H18FNO3/c1-3-4-5-11(13(16)17)15-12-8-9(18-2)6-7-10(12)14/h6-8,11,15H,3-5H2,1-2H3,(H,16,17). The Kier molecular flexibility index (Phi) is 5.42. The molecule has 1 atom stereocenters. The Morgan fingerprint density at radius 3 is 2.83 bits per heavy atom. The van der Waals surface area contributed by atoms with Gasteiger partial charge in [-0.05, 0) is 18.6 Å². The van der Waals surface area contributed by atoms with Gasteiger partial charge in [-0.2, -0.15) is 0 Å². The second-order valence-electron chi connectivity index (χ2n) is 4.02. The average molecular weight is 255 g/mol. The Bertz CT molecular complexity index is 409. The minimum Gasteiger partial charge on any atom is -0.497 e. The van der Waals surface area contributed by atoms with E-state index in [4.69, 9.17) is 9.84 Å². The first-order chi connectivity index (χ1) is 8.58. The fraction of sp³-hybridized carbons (Fsp3) is 0.462. The third kappa shape index (κ3) is 3.91. The summed E-state index contributed by atoms with van der Waals surface area (Å²) in [5.41, 5.74) is 0.151. The van der Waals surface area contributed by atoms with Gasteiger partial charge in [0, 0.05) is 6.07 Å². The van der Waals surface area contributed by atoms with Gasteiger partial charge in [0.15, 0.2) is 0 Å². The van der Waals surface area contributed by atoms with Gasteiger partial charge in [-0.25, -0.2) is 9.18 Å². The van der Waals surface area contributed by atoms with Crippen molar-refractivity contribution in [2.24, 2.45) is 0 Å². The number of benzene rings is 1. The van der Waals surface area contributed by atoms with Gasteiger partial charge in [-0.15, -0.1) is 0 Å². The van der Waals surface area contributed by atoms with Crippen LogP contribution in [-0.4, -0.2) is 24.2 Å². The first-order valence-electron chi connectivity index (χ1n) is 5.91. The lowest BCUT2D eigenvalue weighted by atomic mass is 10.1. The van der Waals surface area contributed by atoms with Crippen molar-refractivity contribution < 1.29 is 19.0 Å². The molecule has 100 valence electrons. The van der Waals surface area contributed by atoms with Gasteiger partial charge < -0.3 is 15.2 Å². The number of methoxy groups -OCH3 is 1. The van der Waals surface area contributed by atoms with Crippen molar-refractivity contribution in [2.75, 3.05) is 12.4 Å². The van der Waals surface area contributed by atoms with Crippen LogP contribution < -0.4 is 10.1 Å². The lowest BCUT2D eigenvalue weighted by Crippen LogP contribution is -2.29. The molecule has 0 amide bonds. The number of carboxylic acids is 1. The van der Waals surface area contributed by atoms with Crippen molar-refractivity contribution in [2.45, 2.75) is 32.2 Å². The van der Waals surface area contributed by atoms with Gasteiger partial charge in [-0.1, -0.05) is 19.8 Å². The monoisotopic (exact) mass is 255 g/mol. The van der Waals surface area contributed by atoms with Crippen molar-refractivity contribution >= 4 is 11.7 Å². The van der Waals surface area contributed by atoms with Crippen molar-refractivity contribution in [1.82, 2.24) is 0 Å². The summed E-state index contributed by atoms with van der Waals surface area (Å²) in [5.74, 6) is -0.984. The zero-order chi connectivity index (χ0) is 13.5. The Morgan fingerprint density at radius 1 is 1.56 bits per heavy atom. The van der Waals surface area contributed by atoms with E-state index in [-0.39, 0.29) is 5.69 Å². The number of carbonyl (C=O) groups is 1. The van der Waals surface area contributed by atoms with Crippen LogP contribution in [-0.2, 0) is 4.79 Å². The average Bonchev–Trinajstić information content (AvgIpc) is 2.36. The minimum atomic E-state index is -0.981. The molecular formula is C13H18FNO3. The molecule has 0 saturated carbocycles. The van der Waals surface area contributed by atoms with Gasteiger partial charge in [0.2, 0.25) is 0 Å². The lowest BCUT2D eigenvalue weighted by Gasteiger charge is -2.16. The van der Waals surface area contributed by atoms with Gasteiger partial charge in [0.25, 0.3) is 0 Å². The third-order valence-electron chi connectivity index (χ3n) is 2.65. The zero-order valence-electron chi connectivity index (χ0n) is 10.6. The van der Waals surface area contributed by atoms with E-state index in [1.807, 2.05) is 6.92 Å².